The van der Waals surface area contributed by atoms with Crippen LogP contribution in [0.5, 0.6) is 0 Å². The predicted molar refractivity (Wildman–Crippen MR) is 79.6 cm³/mol. The molecule has 0 aromatic carbocycles. The Bertz CT molecular complexity index is 437. The molecule has 0 saturated carbocycles. The van der Waals surface area contributed by atoms with Gasteiger partial charge in [-0.1, -0.05) is 26.7 Å². The predicted octanol–water partition coefficient (Wildman–Crippen LogP) is 3.71. The molecule has 0 spiro atoms. The van der Waals surface area contributed by atoms with Crippen molar-refractivity contribution in [2.45, 2.75) is 64.7 Å². The van der Waals surface area contributed by atoms with E-state index in [0.717, 1.165) is 6.42 Å². The monoisotopic (exact) mass is 378 g/mol. The smallest absolute Gasteiger partial charge is 0.348 e. The fourth-order valence-electron chi connectivity index (χ4n) is 2.47. The van der Waals surface area contributed by atoms with Crippen molar-refractivity contribution >= 4 is 11.8 Å². The summed E-state index contributed by atoms with van der Waals surface area (Å²) in [6.45, 7) is 3.20. The van der Waals surface area contributed by atoms with Gasteiger partial charge in [0.2, 0.25) is 0 Å². The van der Waals surface area contributed by atoms with E-state index < -0.39 is 29.6 Å². The molecule has 0 saturated heterocycles. The van der Waals surface area contributed by atoms with E-state index in [-0.39, 0.29) is 19.5 Å². The molecule has 1 atom stereocenters. The van der Waals surface area contributed by atoms with Gasteiger partial charge >= 0.3 is 24.2 Å². The molecule has 4 nitrogen and oxygen atoms in total. The first-order chi connectivity index (χ1) is 11.4. The summed E-state index contributed by atoms with van der Waals surface area (Å²) < 4.78 is 73.3. The highest BCUT2D eigenvalue weighted by atomic mass is 19.4. The summed E-state index contributed by atoms with van der Waals surface area (Å²) >= 11 is 0. The number of nitrogens with one attached hydrogen (secondary N) is 2. The molecule has 10 heteroatoms. The van der Waals surface area contributed by atoms with Gasteiger partial charge in [-0.25, -0.2) is 0 Å². The molecule has 0 aliphatic rings. The molecule has 0 aliphatic carbocycles. The van der Waals surface area contributed by atoms with Crippen LogP contribution in [0.2, 0.25) is 0 Å². The lowest BCUT2D eigenvalue weighted by Gasteiger charge is -2.33. The van der Waals surface area contributed by atoms with Gasteiger partial charge in [0.05, 0.1) is 0 Å². The minimum atomic E-state index is -4.98. The van der Waals surface area contributed by atoms with Gasteiger partial charge < -0.3 is 10.6 Å². The van der Waals surface area contributed by atoms with Crippen LogP contribution in [0.4, 0.5) is 26.3 Å². The molecule has 0 aliphatic heterocycles. The van der Waals surface area contributed by atoms with Crippen molar-refractivity contribution in [1.29, 1.82) is 0 Å². The Morgan fingerprint density at radius 3 is 1.72 bits per heavy atom. The number of unbranched alkanes of at least 4 members (excludes halogenated alkanes) is 1. The fraction of sp³-hybridized carbons (Fsp3) is 0.867. The molecular weight excluding hydrogens is 354 g/mol. The summed E-state index contributed by atoms with van der Waals surface area (Å²) in [4.78, 5) is 21.8. The van der Waals surface area contributed by atoms with Crippen LogP contribution in [-0.4, -0.2) is 37.3 Å². The highest BCUT2D eigenvalue weighted by Crippen LogP contribution is 2.34. The number of rotatable bonds is 10. The van der Waals surface area contributed by atoms with Gasteiger partial charge in [-0.15, -0.1) is 0 Å². The van der Waals surface area contributed by atoms with E-state index in [1.54, 1.807) is 12.2 Å². The Labute approximate surface area is 142 Å². The van der Waals surface area contributed by atoms with Crippen LogP contribution in [0.1, 0.15) is 52.4 Å². The van der Waals surface area contributed by atoms with Crippen molar-refractivity contribution in [2.24, 2.45) is 5.41 Å². The van der Waals surface area contributed by atoms with Crippen LogP contribution in [0.3, 0.4) is 0 Å². The molecule has 25 heavy (non-hydrogen) atoms. The fourth-order valence-corrected chi connectivity index (χ4v) is 2.47. The number of carbonyl (C=O) groups excluding carboxylic acids is 2. The lowest BCUT2D eigenvalue weighted by Crippen LogP contribution is -2.44. The largest absolute Gasteiger partial charge is 0.471 e. The maximum absolute atomic E-state index is 12.3. The lowest BCUT2D eigenvalue weighted by molar-refractivity contribution is -0.174. The van der Waals surface area contributed by atoms with Crippen molar-refractivity contribution in [3.05, 3.63) is 0 Å². The van der Waals surface area contributed by atoms with Gasteiger partial charge in [-0.05, 0) is 31.1 Å². The second-order valence-corrected chi connectivity index (χ2v) is 5.99. The van der Waals surface area contributed by atoms with Crippen molar-refractivity contribution in [3.8, 4) is 0 Å². The summed E-state index contributed by atoms with van der Waals surface area (Å²) in [5.41, 5.74) is -0.653. The summed E-state index contributed by atoms with van der Waals surface area (Å²) in [5.74, 6) is -4.08. The molecule has 0 fully saturated rings. The summed E-state index contributed by atoms with van der Waals surface area (Å²) in [6, 6.07) is 0. The van der Waals surface area contributed by atoms with E-state index in [9.17, 15) is 35.9 Å². The Morgan fingerprint density at radius 2 is 1.28 bits per heavy atom. The number of carbonyl (C=O) groups is 2. The Kier molecular flexibility index (Phi) is 9.28. The second-order valence-electron chi connectivity index (χ2n) is 5.99. The van der Waals surface area contributed by atoms with Crippen molar-refractivity contribution in [2.75, 3.05) is 13.1 Å². The quantitative estimate of drug-likeness (QED) is 0.450. The zero-order chi connectivity index (χ0) is 19.7. The van der Waals surface area contributed by atoms with E-state index in [2.05, 4.69) is 0 Å². The average Bonchev–Trinajstić information content (AvgIpc) is 2.51. The highest BCUT2D eigenvalue weighted by Gasteiger charge is 2.40. The van der Waals surface area contributed by atoms with Crippen LogP contribution in [0.15, 0.2) is 0 Å². The molecule has 0 heterocycles. The van der Waals surface area contributed by atoms with Gasteiger partial charge in [0.15, 0.2) is 0 Å². The van der Waals surface area contributed by atoms with Gasteiger partial charge in [0.25, 0.3) is 0 Å². The molecular formula is C15H24F6N2O2. The van der Waals surface area contributed by atoms with Crippen molar-refractivity contribution in [3.63, 3.8) is 0 Å². The zero-order valence-electron chi connectivity index (χ0n) is 14.2. The third-order valence-corrected chi connectivity index (χ3v) is 4.12. The molecule has 2 N–H and O–H groups in total. The van der Waals surface area contributed by atoms with E-state index in [4.69, 9.17) is 0 Å². The third kappa shape index (κ3) is 8.97. The maximum Gasteiger partial charge on any atom is 0.471 e. The van der Waals surface area contributed by atoms with Crippen molar-refractivity contribution in [1.82, 2.24) is 10.6 Å². The van der Waals surface area contributed by atoms with E-state index in [0.29, 0.717) is 25.7 Å². The summed E-state index contributed by atoms with van der Waals surface area (Å²) in [5, 5.41) is 3.60. The lowest BCUT2D eigenvalue weighted by atomic mass is 9.76. The van der Waals surface area contributed by atoms with Gasteiger partial charge in [-0.2, -0.15) is 26.3 Å². The minimum absolute atomic E-state index is 0.168. The third-order valence-electron chi connectivity index (χ3n) is 4.12. The van der Waals surface area contributed by atoms with E-state index in [1.165, 1.54) is 0 Å². The average molecular weight is 378 g/mol. The Morgan fingerprint density at radius 1 is 0.800 bits per heavy atom. The van der Waals surface area contributed by atoms with Crippen molar-refractivity contribution < 1.29 is 35.9 Å². The van der Waals surface area contributed by atoms with Gasteiger partial charge in [0, 0.05) is 13.1 Å². The normalized spacial score (nSPS) is 14.7. The van der Waals surface area contributed by atoms with Crippen LogP contribution >= 0.6 is 0 Å². The van der Waals surface area contributed by atoms with Crippen LogP contribution in [0.25, 0.3) is 0 Å². The molecule has 0 radical (unpaired) electrons. The Hall–Kier alpha value is -1.48. The van der Waals surface area contributed by atoms with Gasteiger partial charge in [0.1, 0.15) is 0 Å². The first-order valence-electron chi connectivity index (χ1n) is 8.08. The molecule has 0 aromatic rings. The van der Waals surface area contributed by atoms with Crippen LogP contribution in [-0.2, 0) is 9.59 Å². The molecule has 0 aromatic heterocycles. The Balaban J connectivity index is 4.69. The molecule has 0 rings (SSSR count). The first-order valence-corrected chi connectivity index (χ1v) is 8.08. The number of amides is 2. The van der Waals surface area contributed by atoms with Crippen LogP contribution in [0, 0.1) is 5.41 Å². The number of halogens is 6. The SMILES string of the molecule is CCCC[C@@](CC)(CCCNC(=O)C(F)(F)F)CNC(=O)C(F)(F)F. The molecule has 2 amide bonds. The topological polar surface area (TPSA) is 58.2 Å². The molecule has 0 unspecified atom stereocenters. The minimum Gasteiger partial charge on any atom is -0.348 e. The number of hydrogen-bond donors (Lipinski definition) is 2. The van der Waals surface area contributed by atoms with E-state index >= 15 is 0 Å². The first kappa shape index (κ1) is 23.5. The second kappa shape index (κ2) is 9.86. The molecule has 0 bridgehead atoms. The summed E-state index contributed by atoms with van der Waals surface area (Å²) in [6.07, 6.45) is -7.00. The summed E-state index contributed by atoms with van der Waals surface area (Å²) in [7, 11) is 0. The highest BCUT2D eigenvalue weighted by molar-refractivity contribution is 5.82. The molecule has 148 valence electrons. The maximum atomic E-state index is 12.3. The standard InChI is InChI=1S/C15H24F6N2O2/c1-3-5-7-13(4-2,10-23-12(25)15(19,20)21)8-6-9-22-11(24)14(16,17)18/h3-10H2,1-2H3,(H,22,24)(H,23,25)/t13-/m0/s1. The van der Waals surface area contributed by atoms with E-state index in [1.807, 2.05) is 12.2 Å². The number of hydrogen-bond acceptors (Lipinski definition) is 2. The number of alkyl halides is 6. The zero-order valence-corrected chi connectivity index (χ0v) is 14.2. The van der Waals surface area contributed by atoms with Gasteiger partial charge in [-0.3, -0.25) is 9.59 Å². The van der Waals surface area contributed by atoms with Crippen LogP contribution < -0.4 is 10.6 Å².